The smallest absolute Gasteiger partial charge is 0.319 e. The molecule has 1 rings (SSSR count). The van der Waals surface area contributed by atoms with Crippen LogP contribution in [-0.4, -0.2) is 49.1 Å². The number of rotatable bonds is 6. The molecule has 6 nitrogen and oxygen atoms in total. The van der Waals surface area contributed by atoms with Gasteiger partial charge in [0.2, 0.25) is 0 Å². The lowest BCUT2D eigenvalue weighted by atomic mass is 9.98. The lowest BCUT2D eigenvalue weighted by Gasteiger charge is -2.18. The molecular formula is C14H22N2O4S. The number of carbonyl (C=O) groups excluding carboxylic acids is 2. The van der Waals surface area contributed by atoms with E-state index in [0.717, 1.165) is 10.7 Å². The van der Waals surface area contributed by atoms with Crippen LogP contribution in [0, 0.1) is 0 Å². The predicted molar refractivity (Wildman–Crippen MR) is 80.1 cm³/mol. The van der Waals surface area contributed by atoms with Crippen molar-refractivity contribution in [3.05, 3.63) is 16.1 Å². The summed E-state index contributed by atoms with van der Waals surface area (Å²) in [5.41, 5.74) is 0.816. The second-order valence-corrected chi connectivity index (χ2v) is 6.55. The van der Waals surface area contributed by atoms with Crippen molar-refractivity contribution < 1.29 is 19.1 Å². The molecule has 0 aliphatic carbocycles. The minimum atomic E-state index is -0.398. The van der Waals surface area contributed by atoms with Gasteiger partial charge in [-0.3, -0.25) is 14.5 Å². The number of aromatic nitrogens is 1. The Balaban J connectivity index is 2.77. The second-order valence-electron chi connectivity index (χ2n) is 5.69. The molecule has 0 spiro atoms. The van der Waals surface area contributed by atoms with E-state index in [0.29, 0.717) is 6.54 Å². The minimum absolute atomic E-state index is 0.0154. The summed E-state index contributed by atoms with van der Waals surface area (Å²) in [6.45, 7) is 6.72. The molecule has 21 heavy (non-hydrogen) atoms. The number of carbonyl (C=O) groups is 2. The maximum Gasteiger partial charge on any atom is 0.319 e. The van der Waals surface area contributed by atoms with Gasteiger partial charge in [0.05, 0.1) is 38.0 Å². The summed E-state index contributed by atoms with van der Waals surface area (Å²) in [5.74, 6) is -0.796. The number of hydrogen-bond donors (Lipinski definition) is 0. The SMILES string of the molecule is COC(=O)CN(CC(=O)OC)Cc1csc(C(C)(C)C)n1. The summed E-state index contributed by atoms with van der Waals surface area (Å²) in [4.78, 5) is 29.0. The van der Waals surface area contributed by atoms with Crippen molar-refractivity contribution in [1.82, 2.24) is 9.88 Å². The summed E-state index contributed by atoms with van der Waals surface area (Å²) < 4.78 is 9.29. The van der Waals surface area contributed by atoms with Crippen LogP contribution >= 0.6 is 11.3 Å². The van der Waals surface area contributed by atoms with Crippen molar-refractivity contribution in [2.75, 3.05) is 27.3 Å². The minimum Gasteiger partial charge on any atom is -0.468 e. The highest BCUT2D eigenvalue weighted by Crippen LogP contribution is 2.25. The number of methoxy groups -OCH3 is 2. The van der Waals surface area contributed by atoms with Gasteiger partial charge in [-0.2, -0.15) is 0 Å². The third-order valence-electron chi connectivity index (χ3n) is 2.74. The fraction of sp³-hybridized carbons (Fsp3) is 0.643. The van der Waals surface area contributed by atoms with E-state index in [4.69, 9.17) is 0 Å². The van der Waals surface area contributed by atoms with Crippen LogP contribution in [0.4, 0.5) is 0 Å². The van der Waals surface area contributed by atoms with Gasteiger partial charge >= 0.3 is 11.9 Å². The molecule has 0 unspecified atom stereocenters. The van der Waals surface area contributed by atoms with Crippen LogP contribution in [0.1, 0.15) is 31.5 Å². The first-order valence-electron chi connectivity index (χ1n) is 6.57. The molecule has 0 amide bonds. The molecule has 0 atom stereocenters. The molecule has 0 aliphatic heterocycles. The second kappa shape index (κ2) is 7.51. The van der Waals surface area contributed by atoms with E-state index in [2.05, 4.69) is 35.2 Å². The monoisotopic (exact) mass is 314 g/mol. The van der Waals surface area contributed by atoms with Crippen LogP contribution in [0.3, 0.4) is 0 Å². The summed E-state index contributed by atoms with van der Waals surface area (Å²) >= 11 is 1.58. The number of ether oxygens (including phenoxy) is 2. The molecule has 1 aromatic rings. The Morgan fingerprint density at radius 1 is 1.19 bits per heavy atom. The average Bonchev–Trinajstić information content (AvgIpc) is 2.86. The molecule has 0 bridgehead atoms. The Morgan fingerprint density at radius 2 is 1.71 bits per heavy atom. The topological polar surface area (TPSA) is 68.7 Å². The third kappa shape index (κ3) is 5.81. The van der Waals surface area contributed by atoms with Crippen molar-refractivity contribution in [1.29, 1.82) is 0 Å². The highest BCUT2D eigenvalue weighted by atomic mass is 32.1. The van der Waals surface area contributed by atoms with Gasteiger partial charge in [0.15, 0.2) is 0 Å². The highest BCUT2D eigenvalue weighted by Gasteiger charge is 2.21. The van der Waals surface area contributed by atoms with Gasteiger partial charge < -0.3 is 9.47 Å². The Bertz CT molecular complexity index is 475. The van der Waals surface area contributed by atoms with Gasteiger partial charge in [-0.05, 0) is 0 Å². The largest absolute Gasteiger partial charge is 0.468 e. The first-order chi connectivity index (χ1) is 9.76. The quantitative estimate of drug-likeness (QED) is 0.743. The molecule has 1 aromatic heterocycles. The standard InChI is InChI=1S/C14H22N2O4S/c1-14(2,3)13-15-10(9-21-13)6-16(7-11(17)19-4)8-12(18)20-5/h9H,6-8H2,1-5H3. The van der Waals surface area contributed by atoms with Crippen molar-refractivity contribution >= 4 is 23.3 Å². The maximum absolute atomic E-state index is 11.4. The molecule has 0 saturated heterocycles. The highest BCUT2D eigenvalue weighted by molar-refractivity contribution is 7.09. The number of nitrogens with zero attached hydrogens (tertiary/aromatic N) is 2. The van der Waals surface area contributed by atoms with E-state index in [1.165, 1.54) is 14.2 Å². The van der Waals surface area contributed by atoms with Crippen molar-refractivity contribution in [3.63, 3.8) is 0 Å². The van der Waals surface area contributed by atoms with Crippen LogP contribution < -0.4 is 0 Å². The van der Waals surface area contributed by atoms with Gasteiger partial charge in [0.1, 0.15) is 0 Å². The summed E-state index contributed by atoms with van der Waals surface area (Å²) in [6, 6.07) is 0. The summed E-state index contributed by atoms with van der Waals surface area (Å²) in [5, 5.41) is 2.97. The van der Waals surface area contributed by atoms with E-state index in [1.54, 1.807) is 16.2 Å². The zero-order valence-electron chi connectivity index (χ0n) is 13.1. The molecule has 1 heterocycles. The van der Waals surface area contributed by atoms with Crippen LogP contribution in [0.2, 0.25) is 0 Å². The molecule has 118 valence electrons. The van der Waals surface area contributed by atoms with Crippen LogP contribution in [-0.2, 0) is 31.0 Å². The number of esters is 2. The van der Waals surface area contributed by atoms with E-state index >= 15 is 0 Å². The third-order valence-corrected chi connectivity index (χ3v) is 4.06. The lowest BCUT2D eigenvalue weighted by molar-refractivity contribution is -0.145. The van der Waals surface area contributed by atoms with Gasteiger partial charge in [0.25, 0.3) is 0 Å². The molecule has 0 N–H and O–H groups in total. The molecule has 0 aromatic carbocycles. The van der Waals surface area contributed by atoms with E-state index in [-0.39, 0.29) is 18.5 Å². The first-order valence-corrected chi connectivity index (χ1v) is 7.45. The fourth-order valence-corrected chi connectivity index (χ4v) is 2.51. The fourth-order valence-electron chi connectivity index (χ4n) is 1.62. The van der Waals surface area contributed by atoms with Gasteiger partial charge in [-0.25, -0.2) is 4.98 Å². The average molecular weight is 314 g/mol. The number of hydrogen-bond acceptors (Lipinski definition) is 7. The Hall–Kier alpha value is -1.47. The Morgan fingerprint density at radius 3 is 2.10 bits per heavy atom. The van der Waals surface area contributed by atoms with E-state index < -0.39 is 11.9 Å². The lowest BCUT2D eigenvalue weighted by Crippen LogP contribution is -2.35. The summed E-state index contributed by atoms with van der Waals surface area (Å²) in [7, 11) is 2.64. The van der Waals surface area contributed by atoms with Crippen LogP contribution in [0.25, 0.3) is 0 Å². The zero-order valence-corrected chi connectivity index (χ0v) is 14.0. The Labute approximate surface area is 129 Å². The molecule has 0 aliphatic rings. The van der Waals surface area contributed by atoms with Crippen molar-refractivity contribution in [3.8, 4) is 0 Å². The van der Waals surface area contributed by atoms with Crippen molar-refractivity contribution in [2.24, 2.45) is 0 Å². The Kier molecular flexibility index (Phi) is 6.29. The molecule has 0 fully saturated rings. The molecule has 0 radical (unpaired) electrons. The van der Waals surface area contributed by atoms with Crippen LogP contribution in [0.15, 0.2) is 5.38 Å². The van der Waals surface area contributed by atoms with Crippen LogP contribution in [0.5, 0.6) is 0 Å². The maximum atomic E-state index is 11.4. The molecule has 0 saturated carbocycles. The number of thiazole rings is 1. The van der Waals surface area contributed by atoms with Gasteiger partial charge in [0, 0.05) is 17.3 Å². The molecule has 7 heteroatoms. The van der Waals surface area contributed by atoms with E-state index in [9.17, 15) is 9.59 Å². The first kappa shape index (κ1) is 17.6. The van der Waals surface area contributed by atoms with Gasteiger partial charge in [-0.15, -0.1) is 11.3 Å². The van der Waals surface area contributed by atoms with Crippen molar-refractivity contribution in [2.45, 2.75) is 32.7 Å². The zero-order chi connectivity index (χ0) is 16.0. The molecular weight excluding hydrogens is 292 g/mol. The predicted octanol–water partition coefficient (Wildman–Crippen LogP) is 1.59. The van der Waals surface area contributed by atoms with E-state index in [1.807, 2.05) is 5.38 Å². The normalized spacial score (nSPS) is 11.5. The summed E-state index contributed by atoms with van der Waals surface area (Å²) in [6.07, 6.45) is 0. The van der Waals surface area contributed by atoms with Gasteiger partial charge in [-0.1, -0.05) is 20.8 Å².